The van der Waals surface area contributed by atoms with E-state index in [0.717, 1.165) is 12.1 Å². The van der Waals surface area contributed by atoms with Gasteiger partial charge >= 0.3 is 10.2 Å². The van der Waals surface area contributed by atoms with Crippen molar-refractivity contribution in [2.45, 2.75) is 5.92 Å². The third-order valence-corrected chi connectivity index (χ3v) is 2.33. The second-order valence-electron chi connectivity index (χ2n) is 2.89. The molecule has 0 aromatic heterocycles. The van der Waals surface area contributed by atoms with Crippen LogP contribution >= 0.6 is 0 Å². The zero-order valence-corrected chi connectivity index (χ0v) is 8.07. The van der Waals surface area contributed by atoms with Gasteiger partial charge in [0.2, 0.25) is 0 Å². The lowest BCUT2D eigenvalue weighted by Crippen LogP contribution is -2.23. The van der Waals surface area contributed by atoms with Gasteiger partial charge in [-0.25, -0.2) is 13.2 Å². The third kappa shape index (κ3) is 3.50. The first-order valence-corrected chi connectivity index (χ1v) is 5.32. The van der Waals surface area contributed by atoms with Gasteiger partial charge in [0, 0.05) is 5.56 Å². The molecule has 0 saturated carbocycles. The summed E-state index contributed by atoms with van der Waals surface area (Å²) >= 11 is 0. The van der Waals surface area contributed by atoms with Crippen molar-refractivity contribution in [3.63, 3.8) is 0 Å². The Kier molecular flexibility index (Phi) is 3.03. The molecule has 0 atom stereocenters. The first-order chi connectivity index (χ1) is 6.71. The number of benzene rings is 1. The molecule has 0 saturated heterocycles. The van der Waals surface area contributed by atoms with Gasteiger partial charge in [0.1, 0.15) is 11.6 Å². The Morgan fingerprint density at radius 1 is 1.13 bits per heavy atom. The standard InChI is InChI=1S/C8H6F4O2S/c9-7-3-1-6(2-4-7)8(10,11)5-15(12,13)14/h1-4H,5H2. The average molecular weight is 242 g/mol. The van der Waals surface area contributed by atoms with Crippen molar-refractivity contribution in [1.29, 1.82) is 0 Å². The highest BCUT2D eigenvalue weighted by Crippen LogP contribution is 2.30. The van der Waals surface area contributed by atoms with Gasteiger partial charge in [0.25, 0.3) is 5.92 Å². The molecule has 0 amide bonds. The summed E-state index contributed by atoms with van der Waals surface area (Å²) in [5.41, 5.74) is -0.745. The van der Waals surface area contributed by atoms with E-state index < -0.39 is 33.3 Å². The van der Waals surface area contributed by atoms with Gasteiger partial charge in [-0.1, -0.05) is 12.1 Å². The minimum absolute atomic E-state index is 0.709. The monoisotopic (exact) mass is 242 g/mol. The maximum Gasteiger partial charge on any atom is 0.308 e. The summed E-state index contributed by atoms with van der Waals surface area (Å²) in [4.78, 5) is 0. The van der Waals surface area contributed by atoms with Crippen molar-refractivity contribution < 1.29 is 25.5 Å². The van der Waals surface area contributed by atoms with Crippen LogP contribution in [0.25, 0.3) is 0 Å². The Balaban J connectivity index is 3.00. The fourth-order valence-electron chi connectivity index (χ4n) is 0.994. The summed E-state index contributed by atoms with van der Waals surface area (Å²) in [5, 5.41) is 0. The Morgan fingerprint density at radius 3 is 2.00 bits per heavy atom. The van der Waals surface area contributed by atoms with E-state index in [4.69, 9.17) is 0 Å². The zero-order chi connectivity index (χ0) is 11.7. The highest BCUT2D eigenvalue weighted by molar-refractivity contribution is 7.86. The van der Waals surface area contributed by atoms with Crippen LogP contribution in [-0.2, 0) is 16.1 Å². The molecule has 84 valence electrons. The fourth-order valence-corrected chi connectivity index (χ4v) is 1.59. The zero-order valence-electron chi connectivity index (χ0n) is 7.25. The molecule has 0 radical (unpaired) electrons. The largest absolute Gasteiger partial charge is 0.308 e. The highest BCUT2D eigenvalue weighted by Gasteiger charge is 2.37. The Hall–Kier alpha value is -1.11. The van der Waals surface area contributed by atoms with E-state index in [1.165, 1.54) is 0 Å². The van der Waals surface area contributed by atoms with Gasteiger partial charge in [-0.2, -0.15) is 8.42 Å². The Labute approximate surface area is 83.7 Å². The lowest BCUT2D eigenvalue weighted by molar-refractivity contribution is 0.0204. The quantitative estimate of drug-likeness (QED) is 0.601. The summed E-state index contributed by atoms with van der Waals surface area (Å²) in [5.74, 6) is -6.54. The van der Waals surface area contributed by atoms with Crippen LogP contribution in [0, 0.1) is 5.82 Å². The molecule has 0 N–H and O–H groups in total. The predicted octanol–water partition coefficient (Wildman–Crippen LogP) is 2.22. The normalized spacial score (nSPS) is 12.8. The van der Waals surface area contributed by atoms with Gasteiger partial charge in [-0.15, -0.1) is 3.89 Å². The van der Waals surface area contributed by atoms with Gasteiger partial charge < -0.3 is 0 Å². The maximum atomic E-state index is 13.0. The van der Waals surface area contributed by atoms with Crippen LogP contribution in [0.15, 0.2) is 24.3 Å². The number of halogens is 4. The van der Waals surface area contributed by atoms with E-state index in [2.05, 4.69) is 0 Å². The molecular formula is C8H6F4O2S. The second kappa shape index (κ2) is 3.80. The minimum atomic E-state index is -5.28. The highest BCUT2D eigenvalue weighted by atomic mass is 32.3. The van der Waals surface area contributed by atoms with Crippen molar-refractivity contribution in [2.75, 3.05) is 5.75 Å². The molecule has 0 aliphatic carbocycles. The van der Waals surface area contributed by atoms with Crippen LogP contribution in [0.1, 0.15) is 5.56 Å². The predicted molar refractivity (Wildman–Crippen MR) is 45.2 cm³/mol. The van der Waals surface area contributed by atoms with Crippen molar-refractivity contribution >= 4 is 10.2 Å². The molecule has 15 heavy (non-hydrogen) atoms. The Bertz CT molecular complexity index is 438. The summed E-state index contributed by atoms with van der Waals surface area (Å²) in [6.07, 6.45) is 0. The summed E-state index contributed by atoms with van der Waals surface area (Å²) in [6.45, 7) is 0. The smallest absolute Gasteiger partial charge is 0.207 e. The number of alkyl halides is 2. The van der Waals surface area contributed by atoms with Crippen LogP contribution < -0.4 is 0 Å². The summed E-state index contributed by atoms with van der Waals surface area (Å²) in [7, 11) is -5.28. The first-order valence-electron chi connectivity index (χ1n) is 3.77. The SMILES string of the molecule is O=S(=O)(F)CC(F)(F)c1ccc(F)cc1. The molecule has 0 unspecified atom stereocenters. The van der Waals surface area contributed by atoms with Gasteiger partial charge in [-0.3, -0.25) is 0 Å². The summed E-state index contributed by atoms with van der Waals surface area (Å²) < 4.78 is 70.7. The molecule has 1 aromatic rings. The van der Waals surface area contributed by atoms with Gasteiger partial charge in [0.15, 0.2) is 0 Å². The van der Waals surface area contributed by atoms with E-state index in [0.29, 0.717) is 12.1 Å². The van der Waals surface area contributed by atoms with Crippen molar-refractivity contribution in [2.24, 2.45) is 0 Å². The molecule has 0 aliphatic rings. The van der Waals surface area contributed by atoms with Crippen LogP contribution in [0.3, 0.4) is 0 Å². The first kappa shape index (κ1) is 12.0. The van der Waals surface area contributed by atoms with E-state index in [9.17, 15) is 25.5 Å². The number of hydrogen-bond acceptors (Lipinski definition) is 2. The summed E-state index contributed by atoms with van der Waals surface area (Å²) in [6, 6.07) is 2.91. The van der Waals surface area contributed by atoms with Crippen molar-refractivity contribution in [3.05, 3.63) is 35.6 Å². The van der Waals surface area contributed by atoms with Crippen LogP contribution in [0.5, 0.6) is 0 Å². The molecule has 1 rings (SSSR count). The molecule has 0 bridgehead atoms. The van der Waals surface area contributed by atoms with Crippen molar-refractivity contribution in [1.82, 2.24) is 0 Å². The van der Waals surface area contributed by atoms with Gasteiger partial charge in [0.05, 0.1) is 0 Å². The molecule has 0 heterocycles. The fraction of sp³-hybridized carbons (Fsp3) is 0.250. The van der Waals surface area contributed by atoms with Gasteiger partial charge in [-0.05, 0) is 12.1 Å². The lowest BCUT2D eigenvalue weighted by atomic mass is 10.1. The molecule has 2 nitrogen and oxygen atoms in total. The van der Waals surface area contributed by atoms with E-state index in [1.54, 1.807) is 0 Å². The van der Waals surface area contributed by atoms with E-state index >= 15 is 0 Å². The minimum Gasteiger partial charge on any atom is -0.207 e. The molecule has 1 aromatic carbocycles. The Morgan fingerprint density at radius 2 is 1.60 bits per heavy atom. The number of hydrogen-bond donors (Lipinski definition) is 0. The third-order valence-electron chi connectivity index (χ3n) is 1.62. The van der Waals surface area contributed by atoms with E-state index in [1.807, 2.05) is 0 Å². The van der Waals surface area contributed by atoms with Crippen LogP contribution in [0.2, 0.25) is 0 Å². The maximum absolute atomic E-state index is 13.0. The van der Waals surface area contributed by atoms with Crippen molar-refractivity contribution in [3.8, 4) is 0 Å². The van der Waals surface area contributed by atoms with Crippen LogP contribution in [0.4, 0.5) is 17.1 Å². The molecule has 0 spiro atoms. The molecular weight excluding hydrogens is 236 g/mol. The molecule has 0 fully saturated rings. The topological polar surface area (TPSA) is 34.1 Å². The van der Waals surface area contributed by atoms with Crippen LogP contribution in [-0.4, -0.2) is 14.2 Å². The average Bonchev–Trinajstić information content (AvgIpc) is 2.00. The lowest BCUT2D eigenvalue weighted by Gasteiger charge is -2.13. The molecule has 0 aliphatic heterocycles. The number of rotatable bonds is 3. The van der Waals surface area contributed by atoms with E-state index in [-0.39, 0.29) is 0 Å². The molecule has 7 heteroatoms. The second-order valence-corrected chi connectivity index (χ2v) is 4.26.